The Bertz CT molecular complexity index is 1630. The Morgan fingerprint density at radius 1 is 0.732 bits per heavy atom. The van der Waals surface area contributed by atoms with Gasteiger partial charge in [-0.15, -0.1) is 0 Å². The average molecular weight is 575 g/mol. The summed E-state index contributed by atoms with van der Waals surface area (Å²) >= 11 is 0. The van der Waals surface area contributed by atoms with E-state index >= 15 is 0 Å². The van der Waals surface area contributed by atoms with Crippen LogP contribution in [0.1, 0.15) is 37.5 Å². The lowest BCUT2D eigenvalue weighted by Crippen LogP contribution is -2.41. The summed E-state index contributed by atoms with van der Waals surface area (Å²) in [7, 11) is 1.40. The number of aromatic nitrogens is 1. The third-order valence-corrected chi connectivity index (χ3v) is 7.22. The van der Waals surface area contributed by atoms with Gasteiger partial charge < -0.3 is 18.9 Å². The van der Waals surface area contributed by atoms with Crippen molar-refractivity contribution in [2.75, 3.05) is 20.3 Å². The van der Waals surface area contributed by atoms with Crippen molar-refractivity contribution in [3.8, 4) is 34.3 Å². The molecule has 4 aromatic rings. The van der Waals surface area contributed by atoms with Crippen molar-refractivity contribution in [3.05, 3.63) is 76.2 Å². The van der Waals surface area contributed by atoms with Gasteiger partial charge in [-0.2, -0.15) is 4.57 Å². The number of methoxy groups -OCH3 is 1. The molecule has 0 radical (unpaired) electrons. The molecule has 10 heteroatoms. The summed E-state index contributed by atoms with van der Waals surface area (Å²) in [6.07, 6.45) is 3.20. The van der Waals surface area contributed by atoms with Crippen LogP contribution in [0.15, 0.2) is 30.5 Å². The van der Waals surface area contributed by atoms with Gasteiger partial charge in [0.05, 0.1) is 36.8 Å². The highest BCUT2D eigenvalue weighted by Crippen LogP contribution is 2.43. The molecule has 0 N–H and O–H groups in total. The lowest BCUT2D eigenvalue weighted by molar-refractivity contribution is -0.686. The maximum Gasteiger partial charge on any atom is 0.216 e. The van der Waals surface area contributed by atoms with Gasteiger partial charge >= 0.3 is 0 Å². The lowest BCUT2D eigenvalue weighted by Gasteiger charge is -2.22. The van der Waals surface area contributed by atoms with Crippen molar-refractivity contribution in [1.82, 2.24) is 0 Å². The smallest absolute Gasteiger partial charge is 0.216 e. The molecule has 2 heterocycles. The Kier molecular flexibility index (Phi) is 7.93. The second-order valence-corrected chi connectivity index (χ2v) is 9.47. The first kappa shape index (κ1) is 28.4. The molecule has 41 heavy (non-hydrogen) atoms. The summed E-state index contributed by atoms with van der Waals surface area (Å²) in [5.74, 6) is -8.43. The Morgan fingerprint density at radius 3 is 1.98 bits per heavy atom. The van der Waals surface area contributed by atoms with Crippen LogP contribution >= 0.6 is 0 Å². The van der Waals surface area contributed by atoms with E-state index in [4.69, 9.17) is 18.9 Å². The summed E-state index contributed by atoms with van der Waals surface area (Å²) < 4.78 is 95.0. The highest BCUT2D eigenvalue weighted by atomic mass is 19.2. The number of pyridine rings is 1. The van der Waals surface area contributed by atoms with Crippen molar-refractivity contribution in [1.29, 1.82) is 0 Å². The summed E-state index contributed by atoms with van der Waals surface area (Å²) in [6.45, 7) is 6.54. The Labute approximate surface area is 234 Å². The van der Waals surface area contributed by atoms with Gasteiger partial charge in [0.15, 0.2) is 59.0 Å². The number of hydrogen-bond acceptors (Lipinski definition) is 4. The molecule has 0 fully saturated rings. The standard InChI is InChI=1S/C31H29F5NO4/c1-5-17-18-8-9-22(38-4)31(41-15-21-25(32)27(34)29(36)28(35)26(21)33)20(18)14-37-11-10-16-12-23(39-6-2)24(40-7-3)13-19(16)30(17)37/h8-9,12-14H,5-7,10-11,15H2,1-4H3/q+1. The fraction of sp³-hybridized carbons (Fsp3) is 0.323. The van der Waals surface area contributed by atoms with Crippen LogP contribution in [0.4, 0.5) is 22.0 Å². The van der Waals surface area contributed by atoms with Gasteiger partial charge in [-0.1, -0.05) is 6.92 Å². The van der Waals surface area contributed by atoms with E-state index in [1.807, 2.05) is 45.2 Å². The van der Waals surface area contributed by atoms with E-state index in [9.17, 15) is 22.0 Å². The molecule has 1 aliphatic rings. The second kappa shape index (κ2) is 11.4. The molecule has 0 saturated heterocycles. The predicted molar refractivity (Wildman–Crippen MR) is 142 cm³/mol. The first-order valence-corrected chi connectivity index (χ1v) is 13.4. The van der Waals surface area contributed by atoms with E-state index in [0.29, 0.717) is 49.5 Å². The van der Waals surface area contributed by atoms with E-state index in [-0.39, 0.29) is 11.5 Å². The molecular weight excluding hydrogens is 545 g/mol. The number of halogens is 5. The number of benzene rings is 3. The van der Waals surface area contributed by atoms with Gasteiger partial charge in [0.1, 0.15) is 6.61 Å². The van der Waals surface area contributed by atoms with Gasteiger partial charge in [-0.3, -0.25) is 0 Å². The van der Waals surface area contributed by atoms with Crippen LogP contribution in [0, 0.1) is 29.1 Å². The number of rotatable bonds is 9. The van der Waals surface area contributed by atoms with Crippen LogP contribution in [0.25, 0.3) is 22.0 Å². The van der Waals surface area contributed by atoms with E-state index in [0.717, 1.165) is 27.8 Å². The number of aryl methyl sites for hydroxylation is 3. The first-order valence-electron chi connectivity index (χ1n) is 13.4. The molecule has 0 spiro atoms. The third-order valence-electron chi connectivity index (χ3n) is 7.22. The van der Waals surface area contributed by atoms with Crippen molar-refractivity contribution < 1.29 is 45.5 Å². The van der Waals surface area contributed by atoms with Gasteiger partial charge in [0.2, 0.25) is 11.5 Å². The normalized spacial score (nSPS) is 12.2. The monoisotopic (exact) mass is 574 g/mol. The second-order valence-electron chi connectivity index (χ2n) is 9.47. The quantitative estimate of drug-likeness (QED) is 0.0935. The number of hydrogen-bond donors (Lipinski definition) is 0. The summed E-state index contributed by atoms with van der Waals surface area (Å²) in [4.78, 5) is 0. The molecule has 0 bridgehead atoms. The molecule has 0 saturated carbocycles. The van der Waals surface area contributed by atoms with Gasteiger partial charge in [0, 0.05) is 17.4 Å². The molecule has 5 nitrogen and oxygen atoms in total. The van der Waals surface area contributed by atoms with Gasteiger partial charge in [0.25, 0.3) is 0 Å². The van der Waals surface area contributed by atoms with Gasteiger partial charge in [-0.25, -0.2) is 22.0 Å². The minimum absolute atomic E-state index is 0.131. The Balaban J connectivity index is 1.67. The Morgan fingerprint density at radius 2 is 1.37 bits per heavy atom. The maximum absolute atomic E-state index is 14.4. The molecular formula is C31H29F5NO4+. The van der Waals surface area contributed by atoms with E-state index in [2.05, 4.69) is 4.57 Å². The lowest BCUT2D eigenvalue weighted by atomic mass is 9.90. The number of ether oxygens (including phenoxy) is 4. The van der Waals surface area contributed by atoms with Crippen molar-refractivity contribution in [2.24, 2.45) is 0 Å². The van der Waals surface area contributed by atoms with Crippen molar-refractivity contribution in [3.63, 3.8) is 0 Å². The van der Waals surface area contributed by atoms with Crippen LogP contribution in [0.3, 0.4) is 0 Å². The molecule has 0 amide bonds. The molecule has 1 aliphatic heterocycles. The zero-order valence-electron chi connectivity index (χ0n) is 23.1. The highest BCUT2D eigenvalue weighted by Gasteiger charge is 2.32. The van der Waals surface area contributed by atoms with Crippen molar-refractivity contribution >= 4 is 10.8 Å². The zero-order valence-corrected chi connectivity index (χ0v) is 23.1. The van der Waals surface area contributed by atoms with Crippen LogP contribution in [-0.4, -0.2) is 20.3 Å². The van der Waals surface area contributed by atoms with Crippen LogP contribution < -0.4 is 23.5 Å². The molecule has 5 rings (SSSR count). The largest absolute Gasteiger partial charge is 0.493 e. The Hall–Kier alpha value is -4.08. The topological polar surface area (TPSA) is 40.8 Å². The summed E-state index contributed by atoms with van der Waals surface area (Å²) in [6, 6.07) is 7.53. The van der Waals surface area contributed by atoms with Crippen LogP contribution in [0.5, 0.6) is 23.0 Å². The van der Waals surface area contributed by atoms with Crippen molar-refractivity contribution in [2.45, 2.75) is 46.8 Å². The SMILES string of the molecule is CCOc1cc2c(cc1OCC)-c1c(CC)c3ccc(OC)c(OCc4c(F)c(F)c(F)c(F)c4F)c3c[n+]1CC2. The predicted octanol–water partition coefficient (Wildman–Crippen LogP) is 6.99. The number of fused-ring (bicyclic) bond motifs is 4. The third kappa shape index (κ3) is 4.79. The number of nitrogens with zero attached hydrogens (tertiary/aromatic N) is 1. The summed E-state index contributed by atoms with van der Waals surface area (Å²) in [5.41, 5.74) is 3.02. The van der Waals surface area contributed by atoms with E-state index in [1.165, 1.54) is 7.11 Å². The zero-order chi connectivity index (χ0) is 29.4. The minimum Gasteiger partial charge on any atom is -0.493 e. The highest BCUT2D eigenvalue weighted by molar-refractivity contribution is 5.95. The molecule has 1 aromatic heterocycles. The minimum atomic E-state index is -2.22. The molecule has 3 aromatic carbocycles. The fourth-order valence-electron chi connectivity index (χ4n) is 5.38. The average Bonchev–Trinajstić information content (AvgIpc) is 2.98. The maximum atomic E-state index is 14.4. The molecule has 0 aliphatic carbocycles. The summed E-state index contributed by atoms with van der Waals surface area (Å²) in [5, 5.41) is 1.37. The molecule has 216 valence electrons. The fourth-order valence-corrected chi connectivity index (χ4v) is 5.38. The van der Waals surface area contributed by atoms with E-state index in [1.54, 1.807) is 6.07 Å². The molecule has 0 atom stereocenters. The first-order chi connectivity index (χ1) is 19.7. The van der Waals surface area contributed by atoms with Gasteiger partial charge in [-0.05, 0) is 50.1 Å². The van der Waals surface area contributed by atoms with Crippen LogP contribution in [-0.2, 0) is 26.0 Å². The molecule has 0 unspecified atom stereocenters. The van der Waals surface area contributed by atoms with Crippen LogP contribution in [0.2, 0.25) is 0 Å². The van der Waals surface area contributed by atoms with E-state index < -0.39 is 41.3 Å².